The first-order valence-electron chi connectivity index (χ1n) is 6.92. The molecule has 5 N–H and O–H groups in total. The SMILES string of the molecule is CCCCC(NC(N)=O)C(=O)N[C@H](C(=O)O)[C@@H](C)CC. The normalized spacial score (nSPS) is 14.9. The topological polar surface area (TPSA) is 122 Å². The van der Waals surface area contributed by atoms with Gasteiger partial charge in [-0.25, -0.2) is 9.59 Å². The van der Waals surface area contributed by atoms with Gasteiger partial charge in [0.15, 0.2) is 0 Å². The first-order valence-corrected chi connectivity index (χ1v) is 6.92. The highest BCUT2D eigenvalue weighted by molar-refractivity contribution is 5.89. The number of rotatable bonds is 9. The molecule has 0 saturated heterocycles. The Morgan fingerprint density at radius 2 is 1.80 bits per heavy atom. The fraction of sp³-hybridized carbons (Fsp3) is 0.769. The molecule has 3 amide bonds. The number of hydrogen-bond donors (Lipinski definition) is 4. The summed E-state index contributed by atoms with van der Waals surface area (Å²) < 4.78 is 0. The Hall–Kier alpha value is -1.79. The van der Waals surface area contributed by atoms with Gasteiger partial charge < -0.3 is 21.5 Å². The third kappa shape index (κ3) is 6.40. The molecule has 0 bridgehead atoms. The zero-order chi connectivity index (χ0) is 15.7. The van der Waals surface area contributed by atoms with Crippen molar-refractivity contribution in [1.82, 2.24) is 10.6 Å². The number of carbonyl (C=O) groups excluding carboxylic acids is 2. The average Bonchev–Trinajstić information content (AvgIpc) is 2.38. The Morgan fingerprint density at radius 1 is 1.20 bits per heavy atom. The molecular weight excluding hydrogens is 262 g/mol. The summed E-state index contributed by atoms with van der Waals surface area (Å²) in [6.45, 7) is 5.56. The second-order valence-electron chi connectivity index (χ2n) is 4.91. The number of carbonyl (C=O) groups is 3. The van der Waals surface area contributed by atoms with Gasteiger partial charge >= 0.3 is 12.0 Å². The van der Waals surface area contributed by atoms with E-state index in [4.69, 9.17) is 10.8 Å². The summed E-state index contributed by atoms with van der Waals surface area (Å²) in [4.78, 5) is 34.1. The van der Waals surface area contributed by atoms with Crippen LogP contribution in [0.2, 0.25) is 0 Å². The number of urea groups is 1. The highest BCUT2D eigenvalue weighted by atomic mass is 16.4. The van der Waals surface area contributed by atoms with Crippen LogP contribution >= 0.6 is 0 Å². The van der Waals surface area contributed by atoms with Gasteiger partial charge in [-0.1, -0.05) is 40.0 Å². The van der Waals surface area contributed by atoms with E-state index in [1.54, 1.807) is 6.92 Å². The van der Waals surface area contributed by atoms with Crippen LogP contribution < -0.4 is 16.4 Å². The lowest BCUT2D eigenvalue weighted by atomic mass is 9.98. The van der Waals surface area contributed by atoms with Crippen molar-refractivity contribution in [3.63, 3.8) is 0 Å². The van der Waals surface area contributed by atoms with Gasteiger partial charge in [-0.2, -0.15) is 0 Å². The minimum atomic E-state index is -1.08. The summed E-state index contributed by atoms with van der Waals surface area (Å²) in [7, 11) is 0. The molecule has 1 unspecified atom stereocenters. The smallest absolute Gasteiger partial charge is 0.326 e. The van der Waals surface area contributed by atoms with Crippen molar-refractivity contribution in [2.75, 3.05) is 0 Å². The Bertz CT molecular complexity index is 347. The number of carboxylic acids is 1. The second-order valence-corrected chi connectivity index (χ2v) is 4.91. The van der Waals surface area contributed by atoms with Crippen LogP contribution in [-0.2, 0) is 9.59 Å². The maximum atomic E-state index is 12.1. The molecule has 20 heavy (non-hydrogen) atoms. The monoisotopic (exact) mass is 287 g/mol. The summed E-state index contributed by atoms with van der Waals surface area (Å²) in [5.41, 5.74) is 5.03. The predicted octanol–water partition coefficient (Wildman–Crippen LogP) is 0.829. The van der Waals surface area contributed by atoms with Gasteiger partial charge in [0.25, 0.3) is 0 Å². The molecule has 0 aromatic carbocycles. The number of primary amides is 1. The summed E-state index contributed by atoms with van der Waals surface area (Å²) in [5.74, 6) is -1.79. The van der Waals surface area contributed by atoms with Crippen LogP contribution in [0.15, 0.2) is 0 Å². The van der Waals surface area contributed by atoms with Crippen molar-refractivity contribution in [2.45, 2.75) is 58.5 Å². The third-order valence-electron chi connectivity index (χ3n) is 3.26. The minimum Gasteiger partial charge on any atom is -0.480 e. The van der Waals surface area contributed by atoms with Crippen LogP contribution in [-0.4, -0.2) is 35.1 Å². The Balaban J connectivity index is 4.77. The molecule has 0 fully saturated rings. The molecule has 3 atom stereocenters. The minimum absolute atomic E-state index is 0.197. The Kier molecular flexibility index (Phi) is 8.35. The van der Waals surface area contributed by atoms with E-state index in [2.05, 4.69) is 10.6 Å². The first-order chi connectivity index (χ1) is 9.33. The molecule has 0 aromatic rings. The van der Waals surface area contributed by atoms with Gasteiger partial charge in [-0.05, 0) is 12.3 Å². The first kappa shape index (κ1) is 18.2. The van der Waals surface area contributed by atoms with E-state index in [-0.39, 0.29) is 5.92 Å². The van der Waals surface area contributed by atoms with Crippen LogP contribution in [0.5, 0.6) is 0 Å². The molecule has 0 saturated carbocycles. The van der Waals surface area contributed by atoms with Crippen molar-refractivity contribution in [3.05, 3.63) is 0 Å². The summed E-state index contributed by atoms with van der Waals surface area (Å²) in [6.07, 6.45) is 2.65. The van der Waals surface area contributed by atoms with E-state index >= 15 is 0 Å². The van der Waals surface area contributed by atoms with Gasteiger partial charge in [-0.3, -0.25) is 4.79 Å². The van der Waals surface area contributed by atoms with E-state index in [9.17, 15) is 14.4 Å². The lowest BCUT2D eigenvalue weighted by Gasteiger charge is -2.23. The molecule has 0 aliphatic rings. The summed E-state index contributed by atoms with van der Waals surface area (Å²) in [6, 6.07) is -2.55. The Labute approximate surface area is 119 Å². The van der Waals surface area contributed by atoms with Crippen molar-refractivity contribution in [2.24, 2.45) is 11.7 Å². The Morgan fingerprint density at radius 3 is 2.20 bits per heavy atom. The molecular formula is C13H25N3O4. The van der Waals surface area contributed by atoms with Gasteiger partial charge in [-0.15, -0.1) is 0 Å². The average molecular weight is 287 g/mol. The highest BCUT2D eigenvalue weighted by Crippen LogP contribution is 2.09. The van der Waals surface area contributed by atoms with Crippen molar-refractivity contribution in [3.8, 4) is 0 Å². The number of aliphatic carboxylic acids is 1. The van der Waals surface area contributed by atoms with E-state index < -0.39 is 30.0 Å². The lowest BCUT2D eigenvalue weighted by molar-refractivity contribution is -0.143. The second kappa shape index (κ2) is 9.17. The largest absolute Gasteiger partial charge is 0.480 e. The third-order valence-corrected chi connectivity index (χ3v) is 3.26. The molecule has 7 heteroatoms. The highest BCUT2D eigenvalue weighted by Gasteiger charge is 2.28. The van der Waals surface area contributed by atoms with E-state index in [1.165, 1.54) is 0 Å². The molecule has 0 radical (unpaired) electrons. The molecule has 0 spiro atoms. The number of hydrogen-bond acceptors (Lipinski definition) is 3. The number of nitrogens with one attached hydrogen (secondary N) is 2. The predicted molar refractivity (Wildman–Crippen MR) is 75.1 cm³/mol. The van der Waals surface area contributed by atoms with Gasteiger partial charge in [0.2, 0.25) is 5.91 Å². The van der Waals surface area contributed by atoms with Crippen molar-refractivity contribution in [1.29, 1.82) is 0 Å². The fourth-order valence-corrected chi connectivity index (χ4v) is 1.79. The number of unbranched alkanes of at least 4 members (excludes halogenated alkanes) is 1. The quantitative estimate of drug-likeness (QED) is 0.501. The van der Waals surface area contributed by atoms with Gasteiger partial charge in [0.05, 0.1) is 0 Å². The number of carboxylic acid groups (broad SMARTS) is 1. The van der Waals surface area contributed by atoms with E-state index in [0.717, 1.165) is 12.8 Å². The van der Waals surface area contributed by atoms with Gasteiger partial charge in [0, 0.05) is 0 Å². The van der Waals surface area contributed by atoms with E-state index in [0.29, 0.717) is 12.8 Å². The van der Waals surface area contributed by atoms with Crippen molar-refractivity contribution >= 4 is 17.9 Å². The zero-order valence-electron chi connectivity index (χ0n) is 12.3. The number of nitrogens with two attached hydrogens (primary N) is 1. The van der Waals surface area contributed by atoms with Gasteiger partial charge in [0.1, 0.15) is 12.1 Å². The lowest BCUT2D eigenvalue weighted by Crippen LogP contribution is -2.54. The number of amides is 3. The molecule has 0 rings (SSSR count). The van der Waals surface area contributed by atoms with Crippen LogP contribution in [0.4, 0.5) is 4.79 Å². The molecule has 7 nitrogen and oxygen atoms in total. The molecule has 0 aliphatic heterocycles. The maximum Gasteiger partial charge on any atom is 0.326 e. The van der Waals surface area contributed by atoms with Crippen LogP contribution in [0, 0.1) is 5.92 Å². The van der Waals surface area contributed by atoms with Crippen molar-refractivity contribution < 1.29 is 19.5 Å². The fourth-order valence-electron chi connectivity index (χ4n) is 1.79. The maximum absolute atomic E-state index is 12.1. The van der Waals surface area contributed by atoms with E-state index in [1.807, 2.05) is 13.8 Å². The van der Waals surface area contributed by atoms with Crippen LogP contribution in [0.1, 0.15) is 46.5 Å². The molecule has 0 aliphatic carbocycles. The standard InChI is InChI=1S/C13H25N3O4/c1-4-6-7-9(15-13(14)20)11(17)16-10(12(18)19)8(3)5-2/h8-10H,4-7H2,1-3H3,(H,16,17)(H,18,19)(H3,14,15,20)/t8-,9?,10-/m0/s1. The molecule has 0 heterocycles. The van der Waals surface area contributed by atoms with Crippen LogP contribution in [0.25, 0.3) is 0 Å². The zero-order valence-corrected chi connectivity index (χ0v) is 12.3. The summed E-state index contributed by atoms with van der Waals surface area (Å²) in [5, 5.41) is 14.0. The summed E-state index contributed by atoms with van der Waals surface area (Å²) >= 11 is 0. The molecule has 116 valence electrons. The molecule has 0 aromatic heterocycles. The van der Waals surface area contributed by atoms with Crippen LogP contribution in [0.3, 0.4) is 0 Å².